The summed E-state index contributed by atoms with van der Waals surface area (Å²) >= 11 is 0. The molecule has 0 saturated heterocycles. The van der Waals surface area contributed by atoms with Crippen LogP contribution in [0.3, 0.4) is 0 Å². The Hall–Kier alpha value is -1.35. The minimum Gasteiger partial charge on any atom is -0.481 e. The van der Waals surface area contributed by atoms with Crippen LogP contribution < -0.4 is 5.32 Å². The molecule has 2 N–H and O–H groups in total. The third-order valence-electron chi connectivity index (χ3n) is 4.22. The first-order valence-electron chi connectivity index (χ1n) is 7.78. The van der Waals surface area contributed by atoms with Gasteiger partial charge in [0, 0.05) is 12.6 Å². The summed E-state index contributed by atoms with van der Waals surface area (Å²) in [7, 11) is 0. The van der Waals surface area contributed by atoms with Crippen molar-refractivity contribution >= 4 is 5.97 Å². The second kappa shape index (κ2) is 8.05. The van der Waals surface area contributed by atoms with Gasteiger partial charge in [-0.1, -0.05) is 62.4 Å². The Kier molecular flexibility index (Phi) is 6.06. The average molecular weight is 275 g/mol. The van der Waals surface area contributed by atoms with Gasteiger partial charge in [0.25, 0.3) is 0 Å². The fourth-order valence-corrected chi connectivity index (χ4v) is 2.98. The molecule has 110 valence electrons. The van der Waals surface area contributed by atoms with Crippen molar-refractivity contribution in [1.29, 1.82) is 0 Å². The van der Waals surface area contributed by atoms with Crippen LogP contribution >= 0.6 is 0 Å². The Bertz CT molecular complexity index is 397. The first kappa shape index (κ1) is 15.0. The molecule has 1 aromatic rings. The topological polar surface area (TPSA) is 49.3 Å². The lowest BCUT2D eigenvalue weighted by atomic mass is 9.95. The van der Waals surface area contributed by atoms with Crippen LogP contribution in [0.25, 0.3) is 0 Å². The van der Waals surface area contributed by atoms with Gasteiger partial charge in [0.1, 0.15) is 0 Å². The van der Waals surface area contributed by atoms with Gasteiger partial charge in [0.05, 0.1) is 5.92 Å². The van der Waals surface area contributed by atoms with Crippen molar-refractivity contribution in [3.05, 3.63) is 35.9 Å². The Morgan fingerprint density at radius 3 is 2.30 bits per heavy atom. The van der Waals surface area contributed by atoms with Gasteiger partial charge in [-0.05, 0) is 18.4 Å². The molecule has 0 radical (unpaired) electrons. The van der Waals surface area contributed by atoms with Crippen LogP contribution in [-0.4, -0.2) is 23.7 Å². The highest BCUT2D eigenvalue weighted by molar-refractivity contribution is 5.76. The molecule has 0 spiro atoms. The van der Waals surface area contributed by atoms with E-state index < -0.39 is 11.9 Å². The van der Waals surface area contributed by atoms with Gasteiger partial charge in [-0.25, -0.2) is 0 Å². The third-order valence-corrected chi connectivity index (χ3v) is 4.22. The molecule has 0 aliphatic heterocycles. The second-order valence-electron chi connectivity index (χ2n) is 5.75. The number of carbonyl (C=O) groups is 1. The van der Waals surface area contributed by atoms with Crippen LogP contribution in [0.4, 0.5) is 0 Å². The van der Waals surface area contributed by atoms with Crippen LogP contribution in [0.2, 0.25) is 0 Å². The molecule has 0 amide bonds. The Morgan fingerprint density at radius 1 is 1.10 bits per heavy atom. The van der Waals surface area contributed by atoms with Crippen molar-refractivity contribution in [3.63, 3.8) is 0 Å². The van der Waals surface area contributed by atoms with Crippen molar-refractivity contribution < 1.29 is 9.90 Å². The molecule has 1 unspecified atom stereocenters. The first-order chi connectivity index (χ1) is 9.77. The summed E-state index contributed by atoms with van der Waals surface area (Å²) in [6.07, 6.45) is 8.89. The van der Waals surface area contributed by atoms with Gasteiger partial charge >= 0.3 is 5.97 Å². The molecular formula is C17H25NO2. The van der Waals surface area contributed by atoms with Crippen LogP contribution in [0.5, 0.6) is 0 Å². The van der Waals surface area contributed by atoms with Gasteiger partial charge in [-0.3, -0.25) is 4.79 Å². The lowest BCUT2D eigenvalue weighted by molar-refractivity contribution is -0.138. The summed E-state index contributed by atoms with van der Waals surface area (Å²) in [6, 6.07) is 10.0. The number of carboxylic acid groups (broad SMARTS) is 1. The fourth-order valence-electron chi connectivity index (χ4n) is 2.98. The van der Waals surface area contributed by atoms with E-state index in [0.29, 0.717) is 12.6 Å². The zero-order valence-corrected chi connectivity index (χ0v) is 12.1. The highest BCUT2D eigenvalue weighted by Crippen LogP contribution is 2.19. The predicted octanol–water partition coefficient (Wildman–Crippen LogP) is 3.56. The maximum absolute atomic E-state index is 11.5. The second-order valence-corrected chi connectivity index (χ2v) is 5.75. The van der Waals surface area contributed by atoms with Crippen LogP contribution in [0.15, 0.2) is 30.3 Å². The number of aliphatic carboxylic acids is 1. The summed E-state index contributed by atoms with van der Waals surface area (Å²) in [5, 5.41) is 12.9. The molecule has 3 nitrogen and oxygen atoms in total. The minimum absolute atomic E-state index is 0.443. The van der Waals surface area contributed by atoms with Gasteiger partial charge in [0.15, 0.2) is 0 Å². The molecule has 20 heavy (non-hydrogen) atoms. The normalized spacial score (nSPS) is 19.0. The third kappa shape index (κ3) is 4.64. The van der Waals surface area contributed by atoms with Crippen molar-refractivity contribution in [1.82, 2.24) is 5.32 Å². The quantitative estimate of drug-likeness (QED) is 0.864. The summed E-state index contributed by atoms with van der Waals surface area (Å²) < 4.78 is 0. The van der Waals surface area contributed by atoms with Gasteiger partial charge in [-0.15, -0.1) is 0 Å². The van der Waals surface area contributed by atoms with Crippen molar-refractivity contribution in [2.45, 2.75) is 56.9 Å². The maximum atomic E-state index is 11.5. The van der Waals surface area contributed by atoms with Crippen molar-refractivity contribution in [2.75, 3.05) is 6.54 Å². The van der Waals surface area contributed by atoms with Crippen LogP contribution in [0.1, 0.15) is 56.4 Å². The zero-order valence-electron chi connectivity index (χ0n) is 12.1. The SMILES string of the molecule is O=C(O)C(CNC1CCCCCCC1)c1ccccc1. The van der Waals surface area contributed by atoms with Crippen molar-refractivity contribution in [3.8, 4) is 0 Å². The molecule has 1 atom stereocenters. The largest absolute Gasteiger partial charge is 0.481 e. The molecule has 3 heteroatoms. The van der Waals surface area contributed by atoms with E-state index >= 15 is 0 Å². The maximum Gasteiger partial charge on any atom is 0.312 e. The van der Waals surface area contributed by atoms with E-state index in [1.807, 2.05) is 30.3 Å². The molecule has 1 aliphatic rings. The number of rotatable bonds is 5. The molecule has 0 heterocycles. The highest BCUT2D eigenvalue weighted by atomic mass is 16.4. The van der Waals surface area contributed by atoms with Gasteiger partial charge in [0.2, 0.25) is 0 Å². The van der Waals surface area contributed by atoms with E-state index in [0.717, 1.165) is 5.56 Å². The van der Waals surface area contributed by atoms with Gasteiger partial charge < -0.3 is 10.4 Å². The van der Waals surface area contributed by atoms with E-state index in [4.69, 9.17) is 0 Å². The smallest absolute Gasteiger partial charge is 0.312 e. The summed E-state index contributed by atoms with van der Waals surface area (Å²) in [5.74, 6) is -1.18. The Morgan fingerprint density at radius 2 is 1.70 bits per heavy atom. The number of hydrogen-bond donors (Lipinski definition) is 2. The lowest BCUT2D eigenvalue weighted by Gasteiger charge is -2.23. The van der Waals surface area contributed by atoms with E-state index in [9.17, 15) is 9.90 Å². The first-order valence-corrected chi connectivity index (χ1v) is 7.78. The van der Waals surface area contributed by atoms with E-state index in [-0.39, 0.29) is 0 Å². The molecule has 1 fully saturated rings. The van der Waals surface area contributed by atoms with Crippen LogP contribution in [0, 0.1) is 0 Å². The fraction of sp³-hybridized carbons (Fsp3) is 0.588. The number of carboxylic acids is 1. The summed E-state index contributed by atoms with van der Waals surface area (Å²) in [6.45, 7) is 0.532. The molecule has 2 rings (SSSR count). The molecule has 1 aromatic carbocycles. The summed E-state index contributed by atoms with van der Waals surface area (Å²) in [4.78, 5) is 11.5. The monoisotopic (exact) mass is 275 g/mol. The van der Waals surface area contributed by atoms with Gasteiger partial charge in [-0.2, -0.15) is 0 Å². The van der Waals surface area contributed by atoms with E-state index in [2.05, 4.69) is 5.32 Å². The molecule has 1 aliphatic carbocycles. The average Bonchev–Trinajstić information content (AvgIpc) is 2.42. The lowest BCUT2D eigenvalue weighted by Crippen LogP contribution is -2.35. The number of benzene rings is 1. The standard InChI is InChI=1S/C17H25NO2/c19-17(20)16(14-9-5-4-6-10-14)13-18-15-11-7-2-1-3-8-12-15/h4-6,9-10,15-16,18H,1-3,7-8,11-13H2,(H,19,20). The molecular weight excluding hydrogens is 250 g/mol. The summed E-state index contributed by atoms with van der Waals surface area (Å²) in [5.41, 5.74) is 0.887. The predicted molar refractivity (Wildman–Crippen MR) is 80.9 cm³/mol. The van der Waals surface area contributed by atoms with E-state index in [1.54, 1.807) is 0 Å². The zero-order chi connectivity index (χ0) is 14.2. The van der Waals surface area contributed by atoms with Crippen LogP contribution in [-0.2, 0) is 4.79 Å². The van der Waals surface area contributed by atoms with E-state index in [1.165, 1.54) is 44.9 Å². The molecule has 1 saturated carbocycles. The number of nitrogens with one attached hydrogen (secondary N) is 1. The van der Waals surface area contributed by atoms with Crippen molar-refractivity contribution in [2.24, 2.45) is 0 Å². The molecule has 0 aromatic heterocycles. The highest BCUT2D eigenvalue weighted by Gasteiger charge is 2.21. The molecule has 0 bridgehead atoms. The Labute approximate surface area is 121 Å². The Balaban J connectivity index is 1.90. The number of hydrogen-bond acceptors (Lipinski definition) is 2. The minimum atomic E-state index is -0.741.